The number of carbonyl (C=O) groups excluding carboxylic acids is 1. The maximum Gasteiger partial charge on any atom is 0.273 e. The minimum atomic E-state index is -2.66. The number of carbonyl (C=O) groups is 1. The van der Waals surface area contributed by atoms with Crippen LogP contribution in [0.15, 0.2) is 24.3 Å². The van der Waals surface area contributed by atoms with E-state index in [0.29, 0.717) is 17.3 Å². The van der Waals surface area contributed by atoms with Crippen LogP contribution in [0.2, 0.25) is 5.15 Å². The van der Waals surface area contributed by atoms with Crippen LogP contribution in [-0.2, 0) is 0 Å². The molecule has 1 aromatic carbocycles. The van der Waals surface area contributed by atoms with Gasteiger partial charge in [-0.15, -0.1) is 10.2 Å². The van der Waals surface area contributed by atoms with E-state index in [1.165, 1.54) is 6.07 Å². The SMILES string of the molecule is [2H]C([2H])([2H])NC(=O)c1nnc(Cl)cc1Nc1cccc(-c2n[nH]c(C)n2)c1C. The number of hydrogen-bond donors (Lipinski definition) is 3. The van der Waals surface area contributed by atoms with Crippen LogP contribution in [0.25, 0.3) is 11.4 Å². The second-order valence-corrected chi connectivity index (χ2v) is 5.62. The Balaban J connectivity index is 1.98. The Morgan fingerprint density at radius 1 is 1.28 bits per heavy atom. The highest BCUT2D eigenvalue weighted by Gasteiger charge is 2.16. The van der Waals surface area contributed by atoms with E-state index >= 15 is 0 Å². The molecule has 128 valence electrons. The van der Waals surface area contributed by atoms with Crippen LogP contribution < -0.4 is 10.6 Å². The molecule has 8 nitrogen and oxygen atoms in total. The van der Waals surface area contributed by atoms with E-state index in [1.807, 2.05) is 18.3 Å². The van der Waals surface area contributed by atoms with E-state index in [4.69, 9.17) is 15.7 Å². The molecular weight excluding hydrogens is 342 g/mol. The summed E-state index contributed by atoms with van der Waals surface area (Å²) >= 11 is 5.91. The van der Waals surface area contributed by atoms with Gasteiger partial charge >= 0.3 is 0 Å². The van der Waals surface area contributed by atoms with Gasteiger partial charge in [-0.3, -0.25) is 9.89 Å². The van der Waals surface area contributed by atoms with E-state index in [0.717, 1.165) is 11.1 Å². The number of rotatable bonds is 4. The van der Waals surface area contributed by atoms with Crippen LogP contribution in [0.3, 0.4) is 0 Å². The van der Waals surface area contributed by atoms with Gasteiger partial charge in [-0.05, 0) is 25.5 Å². The molecule has 0 atom stereocenters. The summed E-state index contributed by atoms with van der Waals surface area (Å²) in [5, 5.41) is 19.3. The molecule has 0 radical (unpaired) electrons. The number of aromatic amines is 1. The zero-order valence-corrected chi connectivity index (χ0v) is 14.1. The normalized spacial score (nSPS) is 12.8. The Kier molecular flexibility index (Phi) is 3.65. The quantitative estimate of drug-likeness (QED) is 0.660. The molecular formula is C16H16ClN7O. The lowest BCUT2D eigenvalue weighted by atomic mass is 10.1. The molecule has 3 rings (SSSR count). The van der Waals surface area contributed by atoms with Gasteiger partial charge in [0.05, 0.1) is 5.69 Å². The van der Waals surface area contributed by atoms with Crippen LogP contribution in [0.4, 0.5) is 11.4 Å². The summed E-state index contributed by atoms with van der Waals surface area (Å²) in [4.78, 5) is 16.6. The molecule has 0 aliphatic heterocycles. The predicted octanol–water partition coefficient (Wildman–Crippen LogP) is 2.64. The van der Waals surface area contributed by atoms with Crippen molar-refractivity contribution in [3.05, 3.63) is 46.5 Å². The van der Waals surface area contributed by atoms with Crippen molar-refractivity contribution < 1.29 is 8.91 Å². The summed E-state index contributed by atoms with van der Waals surface area (Å²) in [6, 6.07) is 6.85. The number of nitrogens with one attached hydrogen (secondary N) is 3. The third kappa shape index (κ3) is 3.43. The van der Waals surface area contributed by atoms with Crippen molar-refractivity contribution in [2.45, 2.75) is 13.8 Å². The van der Waals surface area contributed by atoms with Gasteiger partial charge in [-0.25, -0.2) is 4.98 Å². The van der Waals surface area contributed by atoms with Gasteiger partial charge < -0.3 is 10.6 Å². The van der Waals surface area contributed by atoms with Crippen molar-refractivity contribution in [2.24, 2.45) is 0 Å². The number of anilines is 2. The van der Waals surface area contributed by atoms with Gasteiger partial charge in [-0.1, -0.05) is 23.7 Å². The highest BCUT2D eigenvalue weighted by atomic mass is 35.5. The van der Waals surface area contributed by atoms with Crippen molar-refractivity contribution in [3.8, 4) is 11.4 Å². The number of hydrogen-bond acceptors (Lipinski definition) is 6. The van der Waals surface area contributed by atoms with E-state index in [1.54, 1.807) is 19.1 Å². The lowest BCUT2D eigenvalue weighted by Crippen LogP contribution is -2.21. The summed E-state index contributed by atoms with van der Waals surface area (Å²) in [5.74, 6) is 0.316. The monoisotopic (exact) mass is 360 g/mol. The molecule has 0 saturated heterocycles. The Morgan fingerprint density at radius 2 is 2.12 bits per heavy atom. The molecule has 0 spiro atoms. The third-order valence-electron chi connectivity index (χ3n) is 3.53. The zero-order valence-electron chi connectivity index (χ0n) is 16.4. The number of aromatic nitrogens is 5. The third-order valence-corrected chi connectivity index (χ3v) is 3.72. The maximum absolute atomic E-state index is 12.3. The first kappa shape index (κ1) is 13.3. The van der Waals surface area contributed by atoms with Gasteiger partial charge in [0.15, 0.2) is 16.7 Å². The van der Waals surface area contributed by atoms with Crippen molar-refractivity contribution in [3.63, 3.8) is 0 Å². The molecule has 0 bridgehead atoms. The summed E-state index contributed by atoms with van der Waals surface area (Å²) in [7, 11) is 0. The minimum Gasteiger partial charge on any atom is -0.354 e. The largest absolute Gasteiger partial charge is 0.354 e. The predicted molar refractivity (Wildman–Crippen MR) is 95.0 cm³/mol. The number of benzene rings is 1. The second-order valence-electron chi connectivity index (χ2n) is 5.23. The Bertz CT molecular complexity index is 1040. The number of H-pyrrole nitrogens is 1. The van der Waals surface area contributed by atoms with Gasteiger partial charge in [0.2, 0.25) is 0 Å². The zero-order chi connectivity index (χ0) is 20.5. The van der Waals surface area contributed by atoms with E-state index in [2.05, 4.69) is 30.7 Å². The minimum absolute atomic E-state index is 0.0475. The molecule has 2 aromatic heterocycles. The molecule has 3 aromatic rings. The first-order valence-electron chi connectivity index (χ1n) is 8.76. The number of amides is 1. The van der Waals surface area contributed by atoms with E-state index in [-0.39, 0.29) is 16.5 Å². The van der Waals surface area contributed by atoms with Crippen molar-refractivity contribution in [1.82, 2.24) is 30.7 Å². The van der Waals surface area contributed by atoms with Crippen LogP contribution in [0, 0.1) is 13.8 Å². The van der Waals surface area contributed by atoms with Crippen molar-refractivity contribution in [2.75, 3.05) is 12.3 Å². The molecule has 0 fully saturated rings. The first-order chi connectivity index (χ1) is 13.1. The van der Waals surface area contributed by atoms with Crippen LogP contribution in [0.5, 0.6) is 0 Å². The fourth-order valence-corrected chi connectivity index (χ4v) is 2.46. The van der Waals surface area contributed by atoms with Gasteiger partial charge in [0.25, 0.3) is 5.91 Å². The molecule has 0 unspecified atom stereocenters. The highest BCUT2D eigenvalue weighted by Crippen LogP contribution is 2.29. The lowest BCUT2D eigenvalue weighted by Gasteiger charge is -2.14. The van der Waals surface area contributed by atoms with Crippen LogP contribution in [-0.4, -0.2) is 38.3 Å². The Labute approximate surface area is 153 Å². The Hall–Kier alpha value is -3.00. The number of halogens is 1. The Morgan fingerprint density at radius 3 is 2.84 bits per heavy atom. The molecule has 25 heavy (non-hydrogen) atoms. The topological polar surface area (TPSA) is 108 Å². The average Bonchev–Trinajstić information content (AvgIpc) is 3.01. The van der Waals surface area contributed by atoms with Crippen LogP contribution in [0.1, 0.15) is 26.0 Å². The van der Waals surface area contributed by atoms with Gasteiger partial charge in [0.1, 0.15) is 5.82 Å². The lowest BCUT2D eigenvalue weighted by molar-refractivity contribution is 0.0958. The maximum atomic E-state index is 12.3. The highest BCUT2D eigenvalue weighted by molar-refractivity contribution is 6.29. The molecule has 9 heteroatoms. The van der Waals surface area contributed by atoms with Crippen molar-refractivity contribution in [1.29, 1.82) is 0 Å². The van der Waals surface area contributed by atoms with Crippen molar-refractivity contribution >= 4 is 28.9 Å². The molecule has 2 heterocycles. The second kappa shape index (κ2) is 6.86. The summed E-state index contributed by atoms with van der Waals surface area (Å²) in [5.41, 5.74) is 2.27. The fourth-order valence-electron chi connectivity index (χ4n) is 2.31. The molecule has 0 aliphatic rings. The van der Waals surface area contributed by atoms with Crippen LogP contribution >= 0.6 is 11.6 Å². The first-order valence-corrected chi connectivity index (χ1v) is 7.63. The van der Waals surface area contributed by atoms with Gasteiger partial charge in [0, 0.05) is 28.4 Å². The average molecular weight is 361 g/mol. The summed E-state index contributed by atoms with van der Waals surface area (Å²) in [6.45, 7) is 1.01. The summed E-state index contributed by atoms with van der Waals surface area (Å²) in [6.07, 6.45) is 0. The van der Waals surface area contributed by atoms with Gasteiger partial charge in [-0.2, -0.15) is 5.10 Å². The number of aryl methyl sites for hydroxylation is 1. The smallest absolute Gasteiger partial charge is 0.273 e. The summed E-state index contributed by atoms with van der Waals surface area (Å²) < 4.78 is 21.6. The molecule has 3 N–H and O–H groups in total. The van der Waals surface area contributed by atoms with E-state index in [9.17, 15) is 4.79 Å². The molecule has 0 saturated carbocycles. The molecule has 0 aliphatic carbocycles. The standard InChI is InChI=1S/C16H16ClN7O/c1-8-10(15-19-9(2)21-24-15)5-4-6-11(8)20-12-7-13(17)22-23-14(12)16(25)18-3/h4-7H,1-3H3,(H,18,25)(H,20,22)(H,19,21,24)/i3D3. The number of nitrogens with zero attached hydrogens (tertiary/aromatic N) is 4. The fraction of sp³-hybridized carbons (Fsp3) is 0.188. The van der Waals surface area contributed by atoms with E-state index < -0.39 is 12.9 Å². The molecule has 1 amide bonds.